The molecule has 0 radical (unpaired) electrons. The lowest BCUT2D eigenvalue weighted by Crippen LogP contribution is -1.90. The molecule has 1 heterocycles. The molecule has 0 saturated heterocycles. The molecule has 2 aromatic rings. The molecule has 0 unspecified atom stereocenters. The first-order valence-electron chi connectivity index (χ1n) is 4.83. The summed E-state index contributed by atoms with van der Waals surface area (Å²) in [5.41, 5.74) is -0.383. The van der Waals surface area contributed by atoms with Crippen molar-refractivity contribution >= 4 is 17.3 Å². The Bertz CT molecular complexity index is 586. The van der Waals surface area contributed by atoms with Crippen molar-refractivity contribution in [3.8, 4) is 17.4 Å². The van der Waals surface area contributed by atoms with E-state index in [4.69, 9.17) is 16.3 Å². The third kappa shape index (κ3) is 2.67. The van der Waals surface area contributed by atoms with Crippen molar-refractivity contribution in [3.63, 3.8) is 0 Å². The molecule has 1 aromatic heterocycles. The first-order chi connectivity index (χ1) is 8.56. The van der Waals surface area contributed by atoms with Crippen molar-refractivity contribution < 1.29 is 14.8 Å². The number of benzene rings is 1. The second-order valence-electron chi connectivity index (χ2n) is 3.32. The van der Waals surface area contributed by atoms with E-state index in [0.717, 1.165) is 12.1 Å². The Morgan fingerprint density at radius 3 is 2.67 bits per heavy atom. The highest BCUT2D eigenvalue weighted by Crippen LogP contribution is 2.31. The molecular weight excluding hydrogens is 260 g/mol. The molecule has 0 amide bonds. The maximum atomic E-state index is 10.5. The second-order valence-corrected chi connectivity index (χ2v) is 3.76. The zero-order valence-corrected chi connectivity index (χ0v) is 9.66. The normalized spacial score (nSPS) is 10.1. The van der Waals surface area contributed by atoms with Gasteiger partial charge < -0.3 is 9.84 Å². The van der Waals surface area contributed by atoms with Crippen LogP contribution in [0.4, 0.5) is 5.69 Å². The van der Waals surface area contributed by atoms with Crippen molar-refractivity contribution in [2.75, 3.05) is 0 Å². The number of phenolic OH excluding ortho intramolecular Hbond substituents is 1. The van der Waals surface area contributed by atoms with Gasteiger partial charge in [0.1, 0.15) is 5.75 Å². The maximum Gasteiger partial charge on any atom is 0.310 e. The molecule has 6 nitrogen and oxygen atoms in total. The first-order valence-corrected chi connectivity index (χ1v) is 5.21. The molecule has 0 aliphatic heterocycles. The Labute approximate surface area is 107 Å². The van der Waals surface area contributed by atoms with E-state index in [-0.39, 0.29) is 17.3 Å². The topological polar surface area (TPSA) is 85.5 Å². The van der Waals surface area contributed by atoms with Gasteiger partial charge in [-0.1, -0.05) is 11.6 Å². The summed E-state index contributed by atoms with van der Waals surface area (Å²) in [7, 11) is 0. The molecule has 0 bridgehead atoms. The minimum Gasteiger partial charge on any atom is -0.502 e. The van der Waals surface area contributed by atoms with Crippen molar-refractivity contribution in [2.45, 2.75) is 0 Å². The lowest BCUT2D eigenvalue weighted by atomic mass is 10.3. The molecule has 0 aliphatic rings. The van der Waals surface area contributed by atoms with Crippen LogP contribution < -0.4 is 4.74 Å². The highest BCUT2D eigenvalue weighted by Gasteiger charge is 2.13. The fourth-order valence-corrected chi connectivity index (χ4v) is 1.38. The molecule has 18 heavy (non-hydrogen) atoms. The number of aromatic nitrogens is 1. The molecular formula is C11H7ClN2O4. The number of halogens is 1. The summed E-state index contributed by atoms with van der Waals surface area (Å²) in [5.74, 6) is 0.0482. The Kier molecular flexibility index (Phi) is 3.29. The highest BCUT2D eigenvalue weighted by atomic mass is 35.5. The first kappa shape index (κ1) is 12.1. The molecule has 1 aromatic carbocycles. The number of aromatic hydroxyl groups is 1. The third-order valence-corrected chi connectivity index (χ3v) is 2.29. The third-order valence-electron chi connectivity index (χ3n) is 2.07. The zero-order chi connectivity index (χ0) is 13.1. The van der Waals surface area contributed by atoms with Gasteiger partial charge in [-0.25, -0.2) is 4.98 Å². The van der Waals surface area contributed by atoms with Crippen LogP contribution in [0.1, 0.15) is 0 Å². The fraction of sp³-hybridized carbons (Fsp3) is 0. The minimum atomic E-state index is -0.681. The number of nitrogens with zero attached hydrogens (tertiary/aromatic N) is 2. The predicted octanol–water partition coefficient (Wildman–Crippen LogP) is 3.14. The van der Waals surface area contributed by atoms with Gasteiger partial charge in [-0.2, -0.15) is 0 Å². The molecule has 7 heteroatoms. The average Bonchev–Trinajstić information content (AvgIpc) is 2.32. The van der Waals surface area contributed by atoms with Crippen LogP contribution in [0.3, 0.4) is 0 Å². The highest BCUT2D eigenvalue weighted by molar-refractivity contribution is 6.30. The number of phenols is 1. The monoisotopic (exact) mass is 266 g/mol. The van der Waals surface area contributed by atoms with Gasteiger partial charge in [-0.3, -0.25) is 10.1 Å². The van der Waals surface area contributed by atoms with Crippen molar-refractivity contribution in [3.05, 3.63) is 51.7 Å². The quantitative estimate of drug-likeness (QED) is 0.681. The van der Waals surface area contributed by atoms with Crippen LogP contribution in [0.5, 0.6) is 17.4 Å². The van der Waals surface area contributed by atoms with E-state index < -0.39 is 10.7 Å². The molecule has 1 N–H and O–H groups in total. The Hall–Kier alpha value is -2.34. The van der Waals surface area contributed by atoms with Gasteiger partial charge in [-0.05, 0) is 12.1 Å². The Morgan fingerprint density at radius 2 is 2.11 bits per heavy atom. The predicted molar refractivity (Wildman–Crippen MR) is 64.1 cm³/mol. The van der Waals surface area contributed by atoms with Crippen molar-refractivity contribution in [1.29, 1.82) is 0 Å². The lowest BCUT2D eigenvalue weighted by molar-refractivity contribution is -0.385. The molecule has 0 saturated carbocycles. The van der Waals surface area contributed by atoms with Gasteiger partial charge in [-0.15, -0.1) is 0 Å². The second kappa shape index (κ2) is 4.89. The summed E-state index contributed by atoms with van der Waals surface area (Å²) in [6, 6.07) is 6.80. The summed E-state index contributed by atoms with van der Waals surface area (Å²) in [5, 5.41) is 20.4. The number of rotatable bonds is 3. The maximum absolute atomic E-state index is 10.5. The fourth-order valence-electron chi connectivity index (χ4n) is 1.26. The SMILES string of the molecule is O=[N+]([O-])c1ccc(Oc2ccc(Cl)cn2)cc1O. The van der Waals surface area contributed by atoms with Crippen LogP contribution >= 0.6 is 11.6 Å². The van der Waals surface area contributed by atoms with E-state index in [1.54, 1.807) is 12.1 Å². The molecule has 0 fully saturated rings. The van der Waals surface area contributed by atoms with Crippen LogP contribution in [0.2, 0.25) is 5.02 Å². The standard InChI is InChI=1S/C11H7ClN2O4/c12-7-1-4-11(13-6-7)18-8-2-3-9(14(16)17)10(15)5-8/h1-6,15H. The van der Waals surface area contributed by atoms with Crippen LogP contribution in [0, 0.1) is 10.1 Å². The number of nitro groups is 1. The van der Waals surface area contributed by atoms with Crippen molar-refractivity contribution in [1.82, 2.24) is 4.98 Å². The van der Waals surface area contributed by atoms with E-state index in [1.807, 2.05) is 0 Å². The smallest absolute Gasteiger partial charge is 0.310 e. The number of hydrogen-bond donors (Lipinski definition) is 1. The van der Waals surface area contributed by atoms with Gasteiger partial charge in [0.05, 0.1) is 9.95 Å². The molecule has 0 atom stereocenters. The Morgan fingerprint density at radius 1 is 1.33 bits per heavy atom. The average molecular weight is 267 g/mol. The van der Waals surface area contributed by atoms with Gasteiger partial charge >= 0.3 is 5.69 Å². The largest absolute Gasteiger partial charge is 0.502 e. The van der Waals surface area contributed by atoms with E-state index in [0.29, 0.717) is 5.02 Å². The molecule has 92 valence electrons. The molecule has 0 aliphatic carbocycles. The van der Waals surface area contributed by atoms with Crippen LogP contribution in [0.25, 0.3) is 0 Å². The number of hydrogen-bond acceptors (Lipinski definition) is 5. The summed E-state index contributed by atoms with van der Waals surface area (Å²) in [6.07, 6.45) is 1.40. The minimum absolute atomic E-state index is 0.243. The van der Waals surface area contributed by atoms with Gasteiger partial charge in [0.2, 0.25) is 5.88 Å². The summed E-state index contributed by atoms with van der Waals surface area (Å²) < 4.78 is 5.30. The van der Waals surface area contributed by atoms with Gasteiger partial charge in [0, 0.05) is 24.4 Å². The number of ether oxygens (including phenoxy) is 1. The lowest BCUT2D eigenvalue weighted by Gasteiger charge is -2.04. The van der Waals surface area contributed by atoms with Crippen LogP contribution in [-0.4, -0.2) is 15.0 Å². The van der Waals surface area contributed by atoms with Crippen LogP contribution in [-0.2, 0) is 0 Å². The van der Waals surface area contributed by atoms with Gasteiger partial charge in [0.15, 0.2) is 5.75 Å². The van der Waals surface area contributed by atoms with Gasteiger partial charge in [0.25, 0.3) is 0 Å². The van der Waals surface area contributed by atoms with E-state index in [9.17, 15) is 15.2 Å². The van der Waals surface area contributed by atoms with E-state index >= 15 is 0 Å². The summed E-state index contributed by atoms with van der Waals surface area (Å²) in [6.45, 7) is 0. The molecule has 2 rings (SSSR count). The Balaban J connectivity index is 2.22. The molecule has 0 spiro atoms. The number of nitro benzene ring substituents is 1. The summed E-state index contributed by atoms with van der Waals surface area (Å²) in [4.78, 5) is 13.7. The summed E-state index contributed by atoms with van der Waals surface area (Å²) >= 11 is 5.66. The van der Waals surface area contributed by atoms with E-state index in [2.05, 4.69) is 4.98 Å². The number of pyridine rings is 1. The van der Waals surface area contributed by atoms with Crippen molar-refractivity contribution in [2.24, 2.45) is 0 Å². The zero-order valence-electron chi connectivity index (χ0n) is 8.91. The van der Waals surface area contributed by atoms with E-state index in [1.165, 1.54) is 12.3 Å². The van der Waals surface area contributed by atoms with Crippen LogP contribution in [0.15, 0.2) is 36.5 Å².